The Balaban J connectivity index is 2.32. The zero-order valence-electron chi connectivity index (χ0n) is 11.1. The van der Waals surface area contributed by atoms with Crippen LogP contribution in [0.4, 0.5) is 11.4 Å². The number of anilines is 2. The van der Waals surface area contributed by atoms with E-state index in [0.29, 0.717) is 5.69 Å². The molecule has 1 aromatic carbocycles. The van der Waals surface area contributed by atoms with Crippen LogP contribution in [0.3, 0.4) is 0 Å². The SMILES string of the molecule is CC(C=O)c1c(N)cccc1N1CCN(C)CC1. The van der Waals surface area contributed by atoms with E-state index in [2.05, 4.69) is 22.9 Å². The second-order valence-corrected chi connectivity index (χ2v) is 5.00. The third-order valence-corrected chi connectivity index (χ3v) is 3.62. The molecule has 4 nitrogen and oxygen atoms in total. The lowest BCUT2D eigenvalue weighted by Crippen LogP contribution is -2.45. The third-order valence-electron chi connectivity index (χ3n) is 3.62. The number of aldehydes is 1. The third kappa shape index (κ3) is 2.48. The topological polar surface area (TPSA) is 49.6 Å². The van der Waals surface area contributed by atoms with Crippen molar-refractivity contribution in [1.29, 1.82) is 0 Å². The van der Waals surface area contributed by atoms with Crippen molar-refractivity contribution in [2.24, 2.45) is 0 Å². The van der Waals surface area contributed by atoms with Gasteiger partial charge >= 0.3 is 0 Å². The average molecular weight is 247 g/mol. The monoisotopic (exact) mass is 247 g/mol. The molecule has 1 aromatic rings. The normalized spacial score (nSPS) is 18.7. The zero-order chi connectivity index (χ0) is 13.1. The van der Waals surface area contributed by atoms with Gasteiger partial charge in [-0.25, -0.2) is 0 Å². The molecule has 1 heterocycles. The number of benzene rings is 1. The van der Waals surface area contributed by atoms with E-state index < -0.39 is 0 Å². The molecule has 1 unspecified atom stereocenters. The van der Waals surface area contributed by atoms with Crippen molar-refractivity contribution in [3.63, 3.8) is 0 Å². The van der Waals surface area contributed by atoms with Crippen LogP contribution in [0, 0.1) is 0 Å². The first kappa shape index (κ1) is 12.9. The molecule has 1 atom stereocenters. The fourth-order valence-corrected chi connectivity index (χ4v) is 2.46. The minimum atomic E-state index is -0.152. The number of piperazine rings is 1. The van der Waals surface area contributed by atoms with Crippen LogP contribution in [0.1, 0.15) is 18.4 Å². The summed E-state index contributed by atoms with van der Waals surface area (Å²) in [4.78, 5) is 15.7. The van der Waals surface area contributed by atoms with Gasteiger partial charge in [0.15, 0.2) is 0 Å². The van der Waals surface area contributed by atoms with Gasteiger partial charge in [-0.15, -0.1) is 0 Å². The molecule has 0 saturated carbocycles. The highest BCUT2D eigenvalue weighted by Crippen LogP contribution is 2.32. The Morgan fingerprint density at radius 2 is 1.94 bits per heavy atom. The first-order chi connectivity index (χ1) is 8.63. The van der Waals surface area contributed by atoms with Gasteiger partial charge < -0.3 is 20.3 Å². The Labute approximate surface area is 108 Å². The second kappa shape index (κ2) is 5.40. The smallest absolute Gasteiger partial charge is 0.127 e. The Morgan fingerprint density at radius 3 is 2.56 bits per heavy atom. The molecule has 0 bridgehead atoms. The summed E-state index contributed by atoms with van der Waals surface area (Å²) in [6.45, 7) is 5.96. The number of likely N-dealkylation sites (N-methyl/N-ethyl adjacent to an activating group) is 1. The summed E-state index contributed by atoms with van der Waals surface area (Å²) in [5.41, 5.74) is 8.83. The Morgan fingerprint density at radius 1 is 1.28 bits per heavy atom. The van der Waals surface area contributed by atoms with E-state index in [-0.39, 0.29) is 5.92 Å². The Hall–Kier alpha value is -1.55. The van der Waals surface area contributed by atoms with Gasteiger partial charge in [-0.2, -0.15) is 0 Å². The Bertz CT molecular complexity index is 425. The highest BCUT2D eigenvalue weighted by atomic mass is 16.1. The molecular formula is C14H21N3O. The molecule has 0 amide bonds. The van der Waals surface area contributed by atoms with Crippen molar-refractivity contribution in [2.75, 3.05) is 43.9 Å². The molecule has 0 radical (unpaired) electrons. The summed E-state index contributed by atoms with van der Waals surface area (Å²) < 4.78 is 0. The number of nitrogens with zero attached hydrogens (tertiary/aromatic N) is 2. The van der Waals surface area contributed by atoms with Crippen molar-refractivity contribution < 1.29 is 4.79 Å². The molecule has 1 saturated heterocycles. The van der Waals surface area contributed by atoms with E-state index in [4.69, 9.17) is 5.73 Å². The van der Waals surface area contributed by atoms with Gasteiger partial charge in [0.05, 0.1) is 0 Å². The van der Waals surface area contributed by atoms with Gasteiger partial charge in [-0.05, 0) is 19.2 Å². The van der Waals surface area contributed by atoms with Crippen molar-refractivity contribution in [3.05, 3.63) is 23.8 Å². The van der Waals surface area contributed by atoms with Gasteiger partial charge in [-0.1, -0.05) is 13.0 Å². The van der Waals surface area contributed by atoms with Gasteiger partial charge in [0.1, 0.15) is 6.29 Å². The molecule has 98 valence electrons. The molecule has 1 aliphatic rings. The van der Waals surface area contributed by atoms with E-state index >= 15 is 0 Å². The fraction of sp³-hybridized carbons (Fsp3) is 0.500. The summed E-state index contributed by atoms with van der Waals surface area (Å²) >= 11 is 0. The van der Waals surface area contributed by atoms with Crippen LogP contribution in [0.15, 0.2) is 18.2 Å². The van der Waals surface area contributed by atoms with Crippen LogP contribution in [0.5, 0.6) is 0 Å². The van der Waals surface area contributed by atoms with Gasteiger partial charge in [0.2, 0.25) is 0 Å². The second-order valence-electron chi connectivity index (χ2n) is 5.00. The number of nitrogens with two attached hydrogens (primary N) is 1. The summed E-state index contributed by atoms with van der Waals surface area (Å²) in [6, 6.07) is 5.90. The van der Waals surface area contributed by atoms with Gasteiger partial charge in [-0.3, -0.25) is 0 Å². The summed E-state index contributed by atoms with van der Waals surface area (Å²) in [5, 5.41) is 0. The highest BCUT2D eigenvalue weighted by Gasteiger charge is 2.20. The Kier molecular flexibility index (Phi) is 3.87. The predicted molar refractivity (Wildman–Crippen MR) is 75.0 cm³/mol. The van der Waals surface area contributed by atoms with Crippen molar-refractivity contribution in [2.45, 2.75) is 12.8 Å². The van der Waals surface area contributed by atoms with Crippen LogP contribution >= 0.6 is 0 Å². The minimum absolute atomic E-state index is 0.152. The number of carbonyl (C=O) groups is 1. The molecule has 0 spiro atoms. The van der Waals surface area contributed by atoms with Crippen LogP contribution in [-0.4, -0.2) is 44.4 Å². The van der Waals surface area contributed by atoms with E-state index in [0.717, 1.165) is 43.7 Å². The lowest BCUT2D eigenvalue weighted by molar-refractivity contribution is -0.108. The van der Waals surface area contributed by atoms with Crippen LogP contribution < -0.4 is 10.6 Å². The molecule has 0 aliphatic carbocycles. The van der Waals surface area contributed by atoms with E-state index in [9.17, 15) is 4.79 Å². The fourth-order valence-electron chi connectivity index (χ4n) is 2.46. The standard InChI is InChI=1S/C14H21N3O/c1-11(10-18)14-12(15)4-3-5-13(14)17-8-6-16(2)7-9-17/h3-5,10-11H,6-9,15H2,1-2H3. The molecule has 2 N–H and O–H groups in total. The number of nitrogen functional groups attached to an aromatic ring is 1. The van der Waals surface area contributed by atoms with Gasteiger partial charge in [0.25, 0.3) is 0 Å². The van der Waals surface area contributed by atoms with Gasteiger partial charge in [0, 0.05) is 49.0 Å². The molecule has 18 heavy (non-hydrogen) atoms. The maximum atomic E-state index is 11.1. The first-order valence-corrected chi connectivity index (χ1v) is 6.40. The molecule has 1 fully saturated rings. The maximum Gasteiger partial charge on any atom is 0.127 e. The van der Waals surface area contributed by atoms with Crippen molar-refractivity contribution in [1.82, 2.24) is 4.90 Å². The molecule has 1 aliphatic heterocycles. The summed E-state index contributed by atoms with van der Waals surface area (Å²) in [6.07, 6.45) is 0.964. The maximum absolute atomic E-state index is 11.1. The number of hydrogen-bond acceptors (Lipinski definition) is 4. The summed E-state index contributed by atoms with van der Waals surface area (Å²) in [5.74, 6) is -0.152. The number of hydrogen-bond donors (Lipinski definition) is 1. The molecular weight excluding hydrogens is 226 g/mol. The highest BCUT2D eigenvalue weighted by molar-refractivity contribution is 5.75. The lowest BCUT2D eigenvalue weighted by Gasteiger charge is -2.35. The largest absolute Gasteiger partial charge is 0.398 e. The van der Waals surface area contributed by atoms with Crippen molar-refractivity contribution >= 4 is 17.7 Å². The summed E-state index contributed by atoms with van der Waals surface area (Å²) in [7, 11) is 2.13. The average Bonchev–Trinajstić information content (AvgIpc) is 2.38. The number of rotatable bonds is 3. The van der Waals surface area contributed by atoms with E-state index in [1.807, 2.05) is 19.1 Å². The minimum Gasteiger partial charge on any atom is -0.398 e. The lowest BCUT2D eigenvalue weighted by atomic mass is 9.97. The predicted octanol–water partition coefficient (Wildman–Crippen LogP) is 1.32. The van der Waals surface area contributed by atoms with E-state index in [1.54, 1.807) is 0 Å². The zero-order valence-corrected chi connectivity index (χ0v) is 11.1. The van der Waals surface area contributed by atoms with E-state index in [1.165, 1.54) is 0 Å². The van der Waals surface area contributed by atoms with Crippen LogP contribution in [0.25, 0.3) is 0 Å². The van der Waals surface area contributed by atoms with Crippen molar-refractivity contribution in [3.8, 4) is 0 Å². The molecule has 4 heteroatoms. The van der Waals surface area contributed by atoms with Crippen LogP contribution in [0.2, 0.25) is 0 Å². The number of carbonyl (C=O) groups excluding carboxylic acids is 1. The quantitative estimate of drug-likeness (QED) is 0.646. The molecule has 2 rings (SSSR count). The molecule has 0 aromatic heterocycles. The van der Waals surface area contributed by atoms with Crippen LogP contribution in [-0.2, 0) is 4.79 Å². The first-order valence-electron chi connectivity index (χ1n) is 6.40.